The molecule has 1 aromatic heterocycles. The van der Waals surface area contributed by atoms with Crippen LogP contribution in [0.5, 0.6) is 0 Å². The number of anilines is 1. The fourth-order valence-electron chi connectivity index (χ4n) is 2.24. The Labute approximate surface area is 143 Å². The van der Waals surface area contributed by atoms with Gasteiger partial charge in [-0.25, -0.2) is 4.68 Å². The van der Waals surface area contributed by atoms with Gasteiger partial charge in [-0.05, 0) is 48.5 Å². The van der Waals surface area contributed by atoms with Crippen LogP contribution in [-0.2, 0) is 11.3 Å². The van der Waals surface area contributed by atoms with E-state index in [1.807, 2.05) is 16.6 Å². The van der Waals surface area contributed by atoms with Gasteiger partial charge in [0, 0.05) is 5.69 Å². The second-order valence-electron chi connectivity index (χ2n) is 5.62. The van der Waals surface area contributed by atoms with Crippen LogP contribution in [0.2, 0.25) is 10.0 Å². The van der Waals surface area contributed by atoms with Crippen LogP contribution in [0.1, 0.15) is 24.7 Å². The average Bonchev–Trinajstić information content (AvgIpc) is 3.23. The van der Waals surface area contributed by atoms with E-state index in [4.69, 9.17) is 23.2 Å². The second-order valence-corrected chi connectivity index (χ2v) is 6.43. The molecule has 0 saturated heterocycles. The standard InChI is InChI=1S/C14H16Cl2N6O/c1-21(7-13-18-19-20-22(13)10-3-4-10)8-14(23)17-9-2-5-11(15)12(16)6-9/h2,5-6,10H,3-4,7-8H2,1H3,(H,17,23). The maximum absolute atomic E-state index is 12.1. The summed E-state index contributed by atoms with van der Waals surface area (Å²) in [5, 5.41) is 15.4. The molecule has 0 bridgehead atoms. The Bertz CT molecular complexity index is 715. The number of aromatic nitrogens is 4. The van der Waals surface area contributed by atoms with Crippen LogP contribution in [0.25, 0.3) is 0 Å². The number of benzene rings is 1. The molecule has 1 amide bonds. The molecule has 1 saturated carbocycles. The fourth-order valence-corrected chi connectivity index (χ4v) is 2.53. The van der Waals surface area contributed by atoms with Gasteiger partial charge in [0.25, 0.3) is 0 Å². The minimum absolute atomic E-state index is 0.142. The first-order chi connectivity index (χ1) is 11.0. The Balaban J connectivity index is 1.54. The highest BCUT2D eigenvalue weighted by Crippen LogP contribution is 2.34. The Morgan fingerprint density at radius 1 is 1.39 bits per heavy atom. The number of likely N-dealkylation sites (N-methyl/N-ethyl adjacent to an activating group) is 1. The van der Waals surface area contributed by atoms with Gasteiger partial charge in [0.2, 0.25) is 5.91 Å². The molecule has 0 spiro atoms. The van der Waals surface area contributed by atoms with Gasteiger partial charge in [-0.1, -0.05) is 23.2 Å². The molecule has 0 atom stereocenters. The SMILES string of the molecule is CN(CC(=O)Nc1ccc(Cl)c(Cl)c1)Cc1nnnn1C1CC1. The molecule has 0 unspecified atom stereocenters. The van der Waals surface area contributed by atoms with Gasteiger partial charge in [-0.15, -0.1) is 5.10 Å². The maximum Gasteiger partial charge on any atom is 0.238 e. The summed E-state index contributed by atoms with van der Waals surface area (Å²) in [6.07, 6.45) is 2.22. The zero-order valence-corrected chi connectivity index (χ0v) is 14.0. The van der Waals surface area contributed by atoms with Crippen molar-refractivity contribution in [3.63, 3.8) is 0 Å². The zero-order valence-electron chi connectivity index (χ0n) is 12.5. The summed E-state index contributed by atoms with van der Waals surface area (Å²) in [5.41, 5.74) is 0.612. The van der Waals surface area contributed by atoms with Gasteiger partial charge in [-0.3, -0.25) is 9.69 Å². The molecule has 1 N–H and O–H groups in total. The predicted molar refractivity (Wildman–Crippen MR) is 87.5 cm³/mol. The molecule has 0 aliphatic heterocycles. The molecular formula is C14H16Cl2N6O. The van der Waals surface area contributed by atoms with Crippen LogP contribution in [0, 0.1) is 0 Å². The average molecular weight is 355 g/mol. The van der Waals surface area contributed by atoms with Gasteiger partial charge in [0.05, 0.1) is 29.2 Å². The van der Waals surface area contributed by atoms with Gasteiger partial charge < -0.3 is 5.32 Å². The lowest BCUT2D eigenvalue weighted by atomic mass is 10.3. The number of hydrogen-bond donors (Lipinski definition) is 1. The van der Waals surface area contributed by atoms with Crippen molar-refractivity contribution < 1.29 is 4.79 Å². The predicted octanol–water partition coefficient (Wildman–Crippen LogP) is 2.39. The number of carbonyl (C=O) groups is 1. The van der Waals surface area contributed by atoms with E-state index in [0.717, 1.165) is 18.7 Å². The van der Waals surface area contributed by atoms with Crippen LogP contribution in [0.15, 0.2) is 18.2 Å². The lowest BCUT2D eigenvalue weighted by Crippen LogP contribution is -2.30. The minimum atomic E-state index is -0.142. The van der Waals surface area contributed by atoms with Crippen LogP contribution in [0.3, 0.4) is 0 Å². The van der Waals surface area contributed by atoms with Gasteiger partial charge in [-0.2, -0.15) is 0 Å². The molecule has 0 radical (unpaired) electrons. The van der Waals surface area contributed by atoms with Crippen LogP contribution < -0.4 is 5.32 Å². The Morgan fingerprint density at radius 3 is 2.87 bits per heavy atom. The van der Waals surface area contributed by atoms with Crippen molar-refractivity contribution in [1.29, 1.82) is 0 Å². The number of hydrogen-bond acceptors (Lipinski definition) is 5. The highest BCUT2D eigenvalue weighted by Gasteiger charge is 2.28. The van der Waals surface area contributed by atoms with Crippen molar-refractivity contribution in [1.82, 2.24) is 25.1 Å². The molecule has 2 aromatic rings. The monoisotopic (exact) mass is 354 g/mol. The number of rotatable bonds is 6. The van der Waals surface area contributed by atoms with Crippen molar-refractivity contribution >= 4 is 34.8 Å². The van der Waals surface area contributed by atoms with Gasteiger partial charge >= 0.3 is 0 Å². The Kier molecular flexibility index (Phi) is 4.79. The summed E-state index contributed by atoms with van der Waals surface area (Å²) in [4.78, 5) is 13.9. The largest absolute Gasteiger partial charge is 0.325 e. The molecule has 9 heteroatoms. The Morgan fingerprint density at radius 2 is 2.17 bits per heavy atom. The van der Waals surface area contributed by atoms with Crippen molar-refractivity contribution in [3.05, 3.63) is 34.1 Å². The molecular weight excluding hydrogens is 339 g/mol. The summed E-state index contributed by atoms with van der Waals surface area (Å²) < 4.78 is 1.84. The van der Waals surface area contributed by atoms with Crippen molar-refractivity contribution in [2.75, 3.05) is 18.9 Å². The molecule has 1 heterocycles. The lowest BCUT2D eigenvalue weighted by molar-refractivity contribution is -0.117. The van der Waals surface area contributed by atoms with Gasteiger partial charge in [0.15, 0.2) is 5.82 Å². The first-order valence-corrected chi connectivity index (χ1v) is 7.98. The number of amides is 1. The first-order valence-electron chi connectivity index (χ1n) is 7.23. The van der Waals surface area contributed by atoms with E-state index in [2.05, 4.69) is 20.8 Å². The molecule has 23 heavy (non-hydrogen) atoms. The third-order valence-electron chi connectivity index (χ3n) is 3.48. The molecule has 7 nitrogen and oxygen atoms in total. The van der Waals surface area contributed by atoms with E-state index < -0.39 is 0 Å². The highest BCUT2D eigenvalue weighted by atomic mass is 35.5. The van der Waals surface area contributed by atoms with E-state index in [9.17, 15) is 4.79 Å². The summed E-state index contributed by atoms with van der Waals surface area (Å²) in [6, 6.07) is 5.39. The third-order valence-corrected chi connectivity index (χ3v) is 4.22. The van der Waals surface area contributed by atoms with E-state index >= 15 is 0 Å². The summed E-state index contributed by atoms with van der Waals surface area (Å²) >= 11 is 11.8. The number of nitrogens with zero attached hydrogens (tertiary/aromatic N) is 5. The quantitative estimate of drug-likeness (QED) is 0.861. The highest BCUT2D eigenvalue weighted by molar-refractivity contribution is 6.42. The third kappa shape index (κ3) is 4.19. The Hall–Kier alpha value is -1.70. The lowest BCUT2D eigenvalue weighted by Gasteiger charge is -2.15. The van der Waals surface area contributed by atoms with Crippen molar-refractivity contribution in [2.24, 2.45) is 0 Å². The molecule has 1 aromatic carbocycles. The topological polar surface area (TPSA) is 75.9 Å². The van der Waals surface area contributed by atoms with Crippen LogP contribution in [0.4, 0.5) is 5.69 Å². The summed E-state index contributed by atoms with van der Waals surface area (Å²) in [6.45, 7) is 0.732. The van der Waals surface area contributed by atoms with E-state index in [0.29, 0.717) is 28.3 Å². The van der Waals surface area contributed by atoms with E-state index in [-0.39, 0.29) is 12.5 Å². The van der Waals surface area contributed by atoms with Crippen molar-refractivity contribution in [3.8, 4) is 0 Å². The summed E-state index contributed by atoms with van der Waals surface area (Å²) in [5.74, 6) is 0.633. The molecule has 122 valence electrons. The normalized spacial score (nSPS) is 14.3. The van der Waals surface area contributed by atoms with Gasteiger partial charge in [0.1, 0.15) is 0 Å². The molecule has 1 aliphatic carbocycles. The van der Waals surface area contributed by atoms with E-state index in [1.165, 1.54) is 0 Å². The van der Waals surface area contributed by atoms with Crippen LogP contribution in [-0.4, -0.2) is 44.6 Å². The number of carbonyl (C=O) groups excluding carboxylic acids is 1. The maximum atomic E-state index is 12.1. The second kappa shape index (κ2) is 6.82. The van der Waals surface area contributed by atoms with Crippen molar-refractivity contribution in [2.45, 2.75) is 25.4 Å². The smallest absolute Gasteiger partial charge is 0.238 e. The number of halogens is 2. The summed E-state index contributed by atoms with van der Waals surface area (Å²) in [7, 11) is 1.85. The molecule has 1 fully saturated rings. The van der Waals surface area contributed by atoms with Crippen LogP contribution >= 0.6 is 23.2 Å². The fraction of sp³-hybridized carbons (Fsp3) is 0.429. The molecule has 1 aliphatic rings. The number of tetrazole rings is 1. The number of nitrogens with one attached hydrogen (secondary N) is 1. The van der Waals surface area contributed by atoms with E-state index in [1.54, 1.807) is 18.2 Å². The zero-order chi connectivity index (χ0) is 16.4. The molecule has 3 rings (SSSR count). The first kappa shape index (κ1) is 16.2. The minimum Gasteiger partial charge on any atom is -0.325 e.